The zero-order valence-electron chi connectivity index (χ0n) is 13.2. The second-order valence-electron chi connectivity index (χ2n) is 5.33. The van der Waals surface area contributed by atoms with Crippen LogP contribution in [-0.4, -0.2) is 54.0 Å². The lowest BCUT2D eigenvalue weighted by Crippen LogP contribution is -2.32. The number of anilines is 1. The summed E-state index contributed by atoms with van der Waals surface area (Å²) in [6.45, 7) is 3.30. The Morgan fingerprint density at radius 3 is 2.83 bits per heavy atom. The molecule has 0 saturated heterocycles. The Hall–Kier alpha value is -2.07. The highest BCUT2D eigenvalue weighted by Crippen LogP contribution is 2.36. The monoisotopic (exact) mass is 358 g/mol. The minimum Gasteiger partial charge on any atom is -0.480 e. The van der Waals surface area contributed by atoms with Gasteiger partial charge in [-0.1, -0.05) is 0 Å². The van der Waals surface area contributed by atoms with Crippen LogP contribution in [0.3, 0.4) is 0 Å². The molecule has 3 atom stereocenters. The standard InChI is InChI=1S/C12H19N6O5P/c1-7(23-6-24(21,22)17-8(2)12(19)20)3-18-5-16-9-10(13)14-4-15-11(9)18/h4-5,7-8H,3,6H2,1-2H3,(H,19,20)(H2,13,14,15)(H2,17,21,22)/t7-,8+/m1/s1. The highest BCUT2D eigenvalue weighted by atomic mass is 31.2. The van der Waals surface area contributed by atoms with Gasteiger partial charge < -0.3 is 25.0 Å². The Balaban J connectivity index is 1.95. The van der Waals surface area contributed by atoms with Gasteiger partial charge in [-0.2, -0.15) is 0 Å². The van der Waals surface area contributed by atoms with Crippen LogP contribution in [0.15, 0.2) is 12.7 Å². The molecule has 132 valence electrons. The third-order valence-corrected chi connectivity index (χ3v) is 4.47. The van der Waals surface area contributed by atoms with Gasteiger partial charge in [-0.15, -0.1) is 0 Å². The molecule has 0 amide bonds. The third-order valence-electron chi connectivity index (χ3n) is 3.18. The molecular weight excluding hydrogens is 339 g/mol. The summed E-state index contributed by atoms with van der Waals surface area (Å²) in [6.07, 6.45) is 1.88. The predicted molar refractivity (Wildman–Crippen MR) is 85.2 cm³/mol. The summed E-state index contributed by atoms with van der Waals surface area (Å²) in [4.78, 5) is 32.5. The van der Waals surface area contributed by atoms with Crippen molar-refractivity contribution in [3.8, 4) is 0 Å². The van der Waals surface area contributed by atoms with Crippen molar-refractivity contribution in [2.24, 2.45) is 0 Å². The van der Waals surface area contributed by atoms with Gasteiger partial charge in [-0.05, 0) is 13.8 Å². The molecule has 2 heterocycles. The fourth-order valence-corrected chi connectivity index (χ4v) is 3.23. The number of hydrogen-bond acceptors (Lipinski definition) is 7. The van der Waals surface area contributed by atoms with Crippen LogP contribution in [0, 0.1) is 0 Å². The van der Waals surface area contributed by atoms with E-state index in [1.807, 2.05) is 0 Å². The van der Waals surface area contributed by atoms with Crippen LogP contribution >= 0.6 is 7.52 Å². The van der Waals surface area contributed by atoms with Crippen LogP contribution in [0.2, 0.25) is 0 Å². The molecule has 24 heavy (non-hydrogen) atoms. The molecule has 0 fully saturated rings. The number of nitrogen functional groups attached to an aromatic ring is 1. The van der Waals surface area contributed by atoms with Crippen LogP contribution in [0.1, 0.15) is 13.8 Å². The minimum atomic E-state index is -3.93. The van der Waals surface area contributed by atoms with Crippen molar-refractivity contribution in [2.45, 2.75) is 32.5 Å². The summed E-state index contributed by atoms with van der Waals surface area (Å²) in [5.74, 6) is -0.960. The molecule has 0 bridgehead atoms. The summed E-state index contributed by atoms with van der Waals surface area (Å²) >= 11 is 0. The van der Waals surface area contributed by atoms with Gasteiger partial charge in [0, 0.05) is 0 Å². The number of imidazole rings is 1. The maximum absolute atomic E-state index is 11.9. The molecule has 0 aliphatic carbocycles. The number of aromatic nitrogens is 4. The molecule has 2 aromatic rings. The van der Waals surface area contributed by atoms with E-state index in [-0.39, 0.29) is 5.82 Å². The Bertz CT molecular complexity index is 780. The van der Waals surface area contributed by atoms with Gasteiger partial charge in [-0.3, -0.25) is 9.36 Å². The minimum absolute atomic E-state index is 0.263. The summed E-state index contributed by atoms with van der Waals surface area (Å²) in [5, 5.41) is 10.9. The average molecular weight is 358 g/mol. The van der Waals surface area contributed by atoms with Crippen LogP contribution in [0.5, 0.6) is 0 Å². The number of nitrogens with zero attached hydrogens (tertiary/aromatic N) is 4. The van der Waals surface area contributed by atoms with Gasteiger partial charge in [0.25, 0.3) is 7.52 Å². The number of carbonyl (C=O) groups is 1. The molecule has 0 radical (unpaired) electrons. The van der Waals surface area contributed by atoms with Gasteiger partial charge in [0.15, 0.2) is 11.5 Å². The summed E-state index contributed by atoms with van der Waals surface area (Å²) in [5.41, 5.74) is 6.70. The van der Waals surface area contributed by atoms with E-state index < -0.39 is 32.0 Å². The van der Waals surface area contributed by atoms with Crippen LogP contribution in [0.4, 0.5) is 5.82 Å². The number of rotatable bonds is 8. The largest absolute Gasteiger partial charge is 0.480 e. The fraction of sp³-hybridized carbons (Fsp3) is 0.500. The van der Waals surface area contributed by atoms with Gasteiger partial charge >= 0.3 is 5.97 Å². The smallest absolute Gasteiger partial charge is 0.320 e. The summed E-state index contributed by atoms with van der Waals surface area (Å²) in [7, 11) is -3.93. The van der Waals surface area contributed by atoms with Crippen LogP contribution in [0.25, 0.3) is 11.2 Å². The van der Waals surface area contributed by atoms with Crippen molar-refractivity contribution in [2.75, 3.05) is 12.1 Å². The zero-order valence-corrected chi connectivity index (χ0v) is 14.1. The topological polar surface area (TPSA) is 165 Å². The maximum atomic E-state index is 11.9. The highest BCUT2D eigenvalue weighted by molar-refractivity contribution is 7.55. The maximum Gasteiger partial charge on any atom is 0.320 e. The van der Waals surface area contributed by atoms with Crippen molar-refractivity contribution < 1.29 is 24.1 Å². The molecule has 2 rings (SSSR count). The van der Waals surface area contributed by atoms with E-state index in [1.54, 1.807) is 11.5 Å². The lowest BCUT2D eigenvalue weighted by atomic mass is 10.4. The van der Waals surface area contributed by atoms with Gasteiger partial charge in [0.1, 0.15) is 24.2 Å². The van der Waals surface area contributed by atoms with E-state index in [4.69, 9.17) is 15.6 Å². The molecule has 0 aliphatic rings. The normalized spacial score (nSPS) is 16.6. The summed E-state index contributed by atoms with van der Waals surface area (Å²) < 4.78 is 18.9. The van der Waals surface area contributed by atoms with Crippen molar-refractivity contribution in [3.05, 3.63) is 12.7 Å². The summed E-state index contributed by atoms with van der Waals surface area (Å²) in [6, 6.07) is -1.16. The molecule has 5 N–H and O–H groups in total. The number of carboxylic acids is 1. The molecule has 0 spiro atoms. The quantitative estimate of drug-likeness (QED) is 0.472. The van der Waals surface area contributed by atoms with Gasteiger partial charge in [-0.25, -0.2) is 20.0 Å². The van der Waals surface area contributed by atoms with Crippen LogP contribution < -0.4 is 10.8 Å². The number of ether oxygens (including phenoxy) is 1. The Morgan fingerprint density at radius 1 is 1.46 bits per heavy atom. The number of nitrogens with two attached hydrogens (primary N) is 1. The second kappa shape index (κ2) is 7.22. The molecule has 1 unspecified atom stereocenters. The zero-order chi connectivity index (χ0) is 17.9. The average Bonchev–Trinajstić information content (AvgIpc) is 2.89. The van der Waals surface area contributed by atoms with E-state index in [1.165, 1.54) is 19.6 Å². The first kappa shape index (κ1) is 18.3. The molecule has 0 aromatic carbocycles. The van der Waals surface area contributed by atoms with Gasteiger partial charge in [0.2, 0.25) is 0 Å². The first-order chi connectivity index (χ1) is 11.2. The van der Waals surface area contributed by atoms with E-state index in [9.17, 15) is 14.3 Å². The second-order valence-corrected chi connectivity index (χ2v) is 7.24. The van der Waals surface area contributed by atoms with Crippen molar-refractivity contribution in [1.29, 1.82) is 0 Å². The molecule has 12 heteroatoms. The van der Waals surface area contributed by atoms with Crippen molar-refractivity contribution >= 4 is 30.5 Å². The highest BCUT2D eigenvalue weighted by Gasteiger charge is 2.25. The first-order valence-electron chi connectivity index (χ1n) is 7.05. The number of hydrogen-bond donors (Lipinski definition) is 4. The van der Waals surface area contributed by atoms with E-state index in [0.29, 0.717) is 17.7 Å². The van der Waals surface area contributed by atoms with E-state index >= 15 is 0 Å². The molecule has 11 nitrogen and oxygen atoms in total. The number of carboxylic acid groups (broad SMARTS) is 1. The van der Waals surface area contributed by atoms with Crippen LogP contribution in [-0.2, 0) is 20.6 Å². The Morgan fingerprint density at radius 2 is 2.17 bits per heavy atom. The lowest BCUT2D eigenvalue weighted by molar-refractivity contribution is -0.138. The first-order valence-corrected chi connectivity index (χ1v) is 8.89. The van der Waals surface area contributed by atoms with Crippen molar-refractivity contribution in [1.82, 2.24) is 24.6 Å². The number of aliphatic carboxylic acids is 1. The van der Waals surface area contributed by atoms with Crippen molar-refractivity contribution in [3.63, 3.8) is 0 Å². The van der Waals surface area contributed by atoms with E-state index in [2.05, 4.69) is 20.0 Å². The lowest BCUT2D eigenvalue weighted by Gasteiger charge is -2.19. The molecular formula is C12H19N6O5P. The Kier molecular flexibility index (Phi) is 5.50. The van der Waals surface area contributed by atoms with Gasteiger partial charge in [0.05, 0.1) is 19.0 Å². The number of fused-ring (bicyclic) bond motifs is 1. The third kappa shape index (κ3) is 4.48. The predicted octanol–water partition coefficient (Wildman–Crippen LogP) is 0.0192. The molecule has 2 aromatic heterocycles. The molecule has 0 aliphatic heterocycles. The number of nitrogens with one attached hydrogen (secondary N) is 1. The molecule has 0 saturated carbocycles. The Labute approximate surface area is 137 Å². The van der Waals surface area contributed by atoms with E-state index in [0.717, 1.165) is 0 Å². The fourth-order valence-electron chi connectivity index (χ4n) is 1.99. The SMILES string of the molecule is C[C@H](Cn1cnc2c(N)ncnc21)OCP(=O)(O)N[C@@H](C)C(=O)O.